The maximum atomic E-state index is 12.5. The summed E-state index contributed by atoms with van der Waals surface area (Å²) in [6.45, 7) is 10.0. The molecule has 2 aromatic carbocycles. The molecule has 0 unspecified atom stereocenters. The van der Waals surface area contributed by atoms with Gasteiger partial charge in [0, 0.05) is 26.0 Å². The van der Waals surface area contributed by atoms with Crippen LogP contribution in [0.5, 0.6) is 0 Å². The van der Waals surface area contributed by atoms with E-state index in [9.17, 15) is 19.5 Å². The van der Waals surface area contributed by atoms with Crippen molar-refractivity contribution in [3.63, 3.8) is 0 Å². The zero-order valence-corrected chi connectivity index (χ0v) is 36.6. The first kappa shape index (κ1) is 53.5. The predicted octanol–water partition coefficient (Wildman–Crippen LogP) is 2.31. The minimum absolute atomic E-state index is 0.0103. The van der Waals surface area contributed by atoms with E-state index in [4.69, 9.17) is 61.6 Å². The Kier molecular flexibility index (Phi) is 31.0. The monoisotopic (exact) mass is 896 g/mol. The van der Waals surface area contributed by atoms with Gasteiger partial charge < -0.3 is 77.3 Å². The van der Waals surface area contributed by atoms with Crippen LogP contribution in [0, 0.1) is 0 Å². The maximum absolute atomic E-state index is 12.5. The molecule has 0 spiro atoms. The molecule has 0 saturated heterocycles. The van der Waals surface area contributed by atoms with E-state index in [2.05, 4.69) is 10.6 Å². The highest BCUT2D eigenvalue weighted by molar-refractivity contribution is 5.82. The molecule has 1 aliphatic carbocycles. The molecular formula is C44H68N2O17. The fourth-order valence-corrected chi connectivity index (χ4v) is 5.90. The number of carboxylic acid groups (broad SMARTS) is 1. The number of rotatable bonds is 42. The number of carbonyl (C=O) groups excluding carboxylic acids is 2. The van der Waals surface area contributed by atoms with Crippen LogP contribution in [0.4, 0.5) is 4.79 Å². The largest absolute Gasteiger partial charge is 0.480 e. The first-order chi connectivity index (χ1) is 31.0. The summed E-state index contributed by atoms with van der Waals surface area (Å²) in [7, 11) is 1.64. The third-order valence-corrected chi connectivity index (χ3v) is 9.06. The van der Waals surface area contributed by atoms with E-state index in [1.54, 1.807) is 7.11 Å². The number of carboxylic acids is 1. The van der Waals surface area contributed by atoms with Gasteiger partial charge >= 0.3 is 12.1 Å². The van der Waals surface area contributed by atoms with Gasteiger partial charge in [-0.15, -0.1) is 0 Å². The van der Waals surface area contributed by atoms with Crippen LogP contribution >= 0.6 is 0 Å². The molecule has 19 heteroatoms. The first-order valence-corrected chi connectivity index (χ1v) is 21.5. The number of ether oxygens (including phenoxy) is 13. The van der Waals surface area contributed by atoms with Gasteiger partial charge in [0.25, 0.3) is 0 Å². The quantitative estimate of drug-likeness (QED) is 0.0816. The number of methoxy groups -OCH3 is 1. The molecular weight excluding hydrogens is 828 g/mol. The fraction of sp³-hybridized carbons (Fsp3) is 0.659. The minimum atomic E-state index is -1.37. The normalized spacial score (nSPS) is 12.5. The van der Waals surface area contributed by atoms with E-state index < -0.39 is 24.0 Å². The zero-order chi connectivity index (χ0) is 44.8. The summed E-state index contributed by atoms with van der Waals surface area (Å²) in [5, 5.41) is 14.4. The van der Waals surface area contributed by atoms with Crippen molar-refractivity contribution in [1.29, 1.82) is 0 Å². The molecule has 3 N–H and O–H groups in total. The molecule has 2 amide bonds. The highest BCUT2D eigenvalue weighted by Gasteiger charge is 2.30. The van der Waals surface area contributed by atoms with Crippen molar-refractivity contribution in [2.45, 2.75) is 18.4 Å². The molecule has 2 aromatic rings. The highest BCUT2D eigenvalue weighted by atomic mass is 16.6. The lowest BCUT2D eigenvalue weighted by atomic mass is 9.98. The van der Waals surface area contributed by atoms with Crippen molar-refractivity contribution in [3.05, 3.63) is 59.7 Å². The number of alkyl carbamates (subject to hydrolysis) is 1. The Morgan fingerprint density at radius 2 is 0.841 bits per heavy atom. The van der Waals surface area contributed by atoms with Crippen molar-refractivity contribution in [2.24, 2.45) is 0 Å². The van der Waals surface area contributed by atoms with E-state index >= 15 is 0 Å². The Hall–Kier alpha value is -3.83. The first-order valence-electron chi connectivity index (χ1n) is 21.5. The topological polar surface area (TPSA) is 215 Å². The van der Waals surface area contributed by atoms with Crippen LogP contribution in [0.3, 0.4) is 0 Å². The molecule has 19 nitrogen and oxygen atoms in total. The summed E-state index contributed by atoms with van der Waals surface area (Å²) in [6.07, 6.45) is -0.872. The maximum Gasteiger partial charge on any atom is 0.407 e. The zero-order valence-electron chi connectivity index (χ0n) is 36.6. The Labute approximate surface area is 370 Å². The summed E-state index contributed by atoms with van der Waals surface area (Å²) in [4.78, 5) is 36.6. The molecule has 1 aliphatic rings. The summed E-state index contributed by atoms with van der Waals surface area (Å²) >= 11 is 0. The summed E-state index contributed by atoms with van der Waals surface area (Å²) in [5.41, 5.74) is 4.24. The third kappa shape index (κ3) is 25.3. The van der Waals surface area contributed by atoms with Crippen molar-refractivity contribution in [3.8, 4) is 11.1 Å². The lowest BCUT2D eigenvalue weighted by Crippen LogP contribution is -2.48. The van der Waals surface area contributed by atoms with Crippen LogP contribution in [-0.4, -0.2) is 201 Å². The molecule has 0 aromatic heterocycles. The highest BCUT2D eigenvalue weighted by Crippen LogP contribution is 2.44. The third-order valence-electron chi connectivity index (χ3n) is 9.06. The minimum Gasteiger partial charge on any atom is -0.480 e. The Bertz CT molecular complexity index is 1440. The van der Waals surface area contributed by atoms with Crippen LogP contribution in [0.25, 0.3) is 11.1 Å². The second kappa shape index (κ2) is 36.5. The molecule has 356 valence electrons. The molecule has 0 heterocycles. The predicted molar refractivity (Wildman–Crippen MR) is 228 cm³/mol. The Morgan fingerprint density at radius 3 is 1.19 bits per heavy atom. The average Bonchev–Trinajstić information content (AvgIpc) is 3.61. The molecule has 3 rings (SSSR count). The van der Waals surface area contributed by atoms with Crippen LogP contribution in [0.2, 0.25) is 0 Å². The Morgan fingerprint density at radius 1 is 0.508 bits per heavy atom. The Balaban J connectivity index is 0.998. The van der Waals surface area contributed by atoms with Gasteiger partial charge in [0.2, 0.25) is 5.91 Å². The lowest BCUT2D eigenvalue weighted by molar-refractivity contribution is -0.139. The summed E-state index contributed by atoms with van der Waals surface area (Å²) < 4.78 is 70.3. The van der Waals surface area contributed by atoms with Gasteiger partial charge in [0.1, 0.15) is 12.6 Å². The van der Waals surface area contributed by atoms with Gasteiger partial charge in [-0.3, -0.25) is 4.79 Å². The molecule has 63 heavy (non-hydrogen) atoms. The van der Waals surface area contributed by atoms with Crippen LogP contribution in [0.15, 0.2) is 48.5 Å². The number of aliphatic carboxylic acids is 1. The molecule has 0 bridgehead atoms. The van der Waals surface area contributed by atoms with Gasteiger partial charge in [-0.05, 0) is 22.3 Å². The smallest absolute Gasteiger partial charge is 0.407 e. The average molecular weight is 897 g/mol. The molecule has 0 radical (unpaired) electrons. The van der Waals surface area contributed by atoms with E-state index in [0.717, 1.165) is 22.3 Å². The van der Waals surface area contributed by atoms with E-state index in [0.29, 0.717) is 139 Å². The van der Waals surface area contributed by atoms with Crippen LogP contribution < -0.4 is 10.6 Å². The van der Waals surface area contributed by atoms with E-state index in [1.807, 2.05) is 48.5 Å². The number of nitrogens with one attached hydrogen (secondary N) is 2. The van der Waals surface area contributed by atoms with Crippen molar-refractivity contribution in [1.82, 2.24) is 10.6 Å². The van der Waals surface area contributed by atoms with Crippen molar-refractivity contribution in [2.75, 3.05) is 172 Å². The second-order valence-electron chi connectivity index (χ2n) is 13.6. The van der Waals surface area contributed by atoms with Crippen molar-refractivity contribution >= 4 is 18.0 Å². The number of carbonyl (C=O) groups is 3. The number of amides is 2. The van der Waals surface area contributed by atoms with Gasteiger partial charge in [0.05, 0.1) is 152 Å². The van der Waals surface area contributed by atoms with E-state index in [1.165, 1.54) is 0 Å². The molecule has 0 saturated carbocycles. The number of benzene rings is 2. The molecule has 1 atom stereocenters. The standard InChI is InChI=1S/C44H68N2O17/c1-51-12-13-53-16-17-55-20-21-57-24-25-59-28-29-61-32-33-62-31-30-60-27-26-58-23-22-56-19-18-54-15-14-52-11-10-42(47)45-34-41(43(48)49)46-44(50)63-35-40-38-8-4-2-6-36(38)37-7-3-5-9-39(37)40/h2-9,40-41H,10-35H2,1H3,(H,45,47)(H,46,50)(H,48,49)/t41-/m0/s1. The number of hydrogen-bond donors (Lipinski definition) is 3. The second-order valence-corrected chi connectivity index (χ2v) is 13.6. The van der Waals surface area contributed by atoms with Crippen LogP contribution in [0.1, 0.15) is 23.5 Å². The SMILES string of the molecule is COCCOCCOCCOCCOCCOCCOCCOCCOCCOCCOCCOCCC(=O)NC[C@H](NC(=O)OCC1c2ccccc2-c2ccccc21)C(=O)O. The molecule has 0 fully saturated rings. The summed E-state index contributed by atoms with van der Waals surface area (Å²) in [5.74, 6) is -1.89. The fourth-order valence-electron chi connectivity index (χ4n) is 5.90. The molecule has 0 aliphatic heterocycles. The van der Waals surface area contributed by atoms with E-state index in [-0.39, 0.29) is 38.7 Å². The van der Waals surface area contributed by atoms with Gasteiger partial charge in [-0.25, -0.2) is 9.59 Å². The van der Waals surface area contributed by atoms with Crippen molar-refractivity contribution < 1.29 is 81.1 Å². The van der Waals surface area contributed by atoms with Gasteiger partial charge in [-0.2, -0.15) is 0 Å². The van der Waals surface area contributed by atoms with Gasteiger partial charge in [0.15, 0.2) is 0 Å². The van der Waals surface area contributed by atoms with Crippen LogP contribution in [-0.2, 0) is 71.2 Å². The lowest BCUT2D eigenvalue weighted by Gasteiger charge is -2.18. The van der Waals surface area contributed by atoms with Gasteiger partial charge in [-0.1, -0.05) is 48.5 Å². The number of fused-ring (bicyclic) bond motifs is 3. The number of hydrogen-bond acceptors (Lipinski definition) is 16. The summed E-state index contributed by atoms with van der Waals surface area (Å²) in [6, 6.07) is 14.4.